The number of carbonyl (C=O) groups excluding carboxylic acids is 2. The molecule has 0 saturated carbocycles. The Morgan fingerprint density at radius 1 is 1.26 bits per heavy atom. The molecule has 0 spiro atoms. The third-order valence-electron chi connectivity index (χ3n) is 4.80. The average molecular weight is 397 g/mol. The first kappa shape index (κ1) is 21.5. The average Bonchev–Trinajstić information content (AvgIpc) is 2.66. The molecule has 0 aromatic heterocycles. The fourth-order valence-electron chi connectivity index (χ4n) is 2.96. The maximum Gasteiger partial charge on any atom is 0.242 e. The minimum absolute atomic E-state index is 0.0125. The maximum atomic E-state index is 12.3. The van der Waals surface area contributed by atoms with E-state index in [0.717, 1.165) is 24.4 Å². The Bertz CT molecular complexity index is 660. The van der Waals surface area contributed by atoms with Crippen LogP contribution in [0.25, 0.3) is 0 Å². The number of hydrogen-bond donors (Lipinski definition) is 2. The van der Waals surface area contributed by atoms with E-state index < -0.39 is 6.04 Å². The van der Waals surface area contributed by atoms with Gasteiger partial charge in [0.1, 0.15) is 5.75 Å². The van der Waals surface area contributed by atoms with Crippen molar-refractivity contribution in [3.05, 3.63) is 28.8 Å². The Hall–Kier alpha value is -1.83. The molecule has 2 rings (SSSR count). The standard InChI is InChI=1S/C19H29ClN4O3/c1-13(2)18(21)19(26)22-11-17(25)24-8-6-23(7-9-24)12-14-10-15(20)4-5-16(14)27-3/h4-5,10,13,18H,6-9,11-12,21H2,1-3H3,(H,22,26)/t18-/m0/s1. The summed E-state index contributed by atoms with van der Waals surface area (Å²) in [6, 6.07) is 4.98. The second kappa shape index (κ2) is 9.92. The molecule has 0 radical (unpaired) electrons. The van der Waals surface area contributed by atoms with E-state index in [1.807, 2.05) is 26.0 Å². The molecule has 8 heteroatoms. The number of benzene rings is 1. The highest BCUT2D eigenvalue weighted by atomic mass is 35.5. The lowest BCUT2D eigenvalue weighted by Gasteiger charge is -2.35. The van der Waals surface area contributed by atoms with Gasteiger partial charge in [0.25, 0.3) is 0 Å². The van der Waals surface area contributed by atoms with E-state index in [0.29, 0.717) is 24.7 Å². The van der Waals surface area contributed by atoms with Crippen molar-refractivity contribution in [2.75, 3.05) is 39.8 Å². The number of nitrogens with zero attached hydrogens (tertiary/aromatic N) is 2. The first-order valence-electron chi connectivity index (χ1n) is 9.17. The molecule has 27 heavy (non-hydrogen) atoms. The Kier molecular flexibility index (Phi) is 7.89. The van der Waals surface area contributed by atoms with Gasteiger partial charge in [-0.1, -0.05) is 25.4 Å². The van der Waals surface area contributed by atoms with Crippen molar-refractivity contribution in [2.24, 2.45) is 11.7 Å². The quantitative estimate of drug-likeness (QED) is 0.720. The molecule has 1 heterocycles. The maximum absolute atomic E-state index is 12.3. The van der Waals surface area contributed by atoms with Crippen LogP contribution < -0.4 is 15.8 Å². The molecule has 0 aliphatic carbocycles. The Labute approximate surface area is 165 Å². The number of nitrogens with two attached hydrogens (primary N) is 1. The largest absolute Gasteiger partial charge is 0.496 e. The number of nitrogens with one attached hydrogen (secondary N) is 1. The van der Waals surface area contributed by atoms with Crippen LogP contribution in [0.15, 0.2) is 18.2 Å². The number of hydrogen-bond acceptors (Lipinski definition) is 5. The van der Waals surface area contributed by atoms with Gasteiger partial charge in [0.2, 0.25) is 11.8 Å². The van der Waals surface area contributed by atoms with Gasteiger partial charge < -0.3 is 20.7 Å². The van der Waals surface area contributed by atoms with Crippen LogP contribution in [0.5, 0.6) is 5.75 Å². The zero-order valence-electron chi connectivity index (χ0n) is 16.2. The van der Waals surface area contributed by atoms with Crippen molar-refractivity contribution in [3.8, 4) is 5.75 Å². The van der Waals surface area contributed by atoms with Gasteiger partial charge in [-0.3, -0.25) is 14.5 Å². The number of amides is 2. The van der Waals surface area contributed by atoms with Crippen molar-refractivity contribution in [2.45, 2.75) is 26.4 Å². The van der Waals surface area contributed by atoms with Gasteiger partial charge in [0.15, 0.2) is 0 Å². The predicted octanol–water partition coefficient (Wildman–Crippen LogP) is 1.09. The van der Waals surface area contributed by atoms with Crippen LogP contribution >= 0.6 is 11.6 Å². The van der Waals surface area contributed by atoms with Crippen LogP contribution in [0, 0.1) is 5.92 Å². The van der Waals surface area contributed by atoms with Crippen LogP contribution in [0.1, 0.15) is 19.4 Å². The summed E-state index contributed by atoms with van der Waals surface area (Å²) in [5.74, 6) is 0.471. The van der Waals surface area contributed by atoms with E-state index in [1.165, 1.54) is 0 Å². The van der Waals surface area contributed by atoms with Crippen molar-refractivity contribution >= 4 is 23.4 Å². The summed E-state index contributed by atoms with van der Waals surface area (Å²) >= 11 is 6.09. The lowest BCUT2D eigenvalue weighted by molar-refractivity contribution is -0.134. The first-order valence-corrected chi connectivity index (χ1v) is 9.55. The summed E-state index contributed by atoms with van der Waals surface area (Å²) in [4.78, 5) is 28.2. The Morgan fingerprint density at radius 3 is 2.52 bits per heavy atom. The molecule has 2 amide bonds. The van der Waals surface area contributed by atoms with E-state index in [9.17, 15) is 9.59 Å². The molecule has 0 unspecified atom stereocenters. The highest BCUT2D eigenvalue weighted by Crippen LogP contribution is 2.24. The highest BCUT2D eigenvalue weighted by molar-refractivity contribution is 6.30. The summed E-state index contributed by atoms with van der Waals surface area (Å²) in [6.07, 6.45) is 0. The van der Waals surface area contributed by atoms with Gasteiger partial charge in [0, 0.05) is 43.3 Å². The Balaban J connectivity index is 1.80. The SMILES string of the molecule is COc1ccc(Cl)cc1CN1CCN(C(=O)CNC(=O)[C@@H](N)C(C)C)CC1. The van der Waals surface area contributed by atoms with Gasteiger partial charge in [-0.05, 0) is 24.1 Å². The van der Waals surface area contributed by atoms with Crippen molar-refractivity contribution in [1.29, 1.82) is 0 Å². The summed E-state index contributed by atoms with van der Waals surface area (Å²) in [7, 11) is 1.64. The van der Waals surface area contributed by atoms with Crippen LogP contribution in [0.2, 0.25) is 5.02 Å². The summed E-state index contributed by atoms with van der Waals surface area (Å²) in [5.41, 5.74) is 6.81. The number of ether oxygens (including phenoxy) is 1. The number of piperazine rings is 1. The van der Waals surface area contributed by atoms with Gasteiger partial charge in [0.05, 0.1) is 19.7 Å². The molecule has 1 fully saturated rings. The first-order chi connectivity index (χ1) is 12.8. The lowest BCUT2D eigenvalue weighted by atomic mass is 10.1. The second-order valence-corrected chi connectivity index (χ2v) is 7.54. The predicted molar refractivity (Wildman–Crippen MR) is 106 cm³/mol. The van der Waals surface area contributed by atoms with Crippen LogP contribution in [0.3, 0.4) is 0 Å². The zero-order chi connectivity index (χ0) is 20.0. The Morgan fingerprint density at radius 2 is 1.93 bits per heavy atom. The van der Waals surface area contributed by atoms with Crippen LogP contribution in [-0.4, -0.2) is 67.5 Å². The molecule has 3 N–H and O–H groups in total. The molecule has 1 atom stereocenters. The summed E-state index contributed by atoms with van der Waals surface area (Å²) in [5, 5.41) is 3.31. The van der Waals surface area contributed by atoms with Crippen LogP contribution in [0.4, 0.5) is 0 Å². The highest BCUT2D eigenvalue weighted by Gasteiger charge is 2.23. The molecule has 1 aliphatic heterocycles. The topological polar surface area (TPSA) is 87.9 Å². The van der Waals surface area contributed by atoms with Crippen molar-refractivity contribution in [3.63, 3.8) is 0 Å². The monoisotopic (exact) mass is 396 g/mol. The van der Waals surface area contributed by atoms with Crippen molar-refractivity contribution in [1.82, 2.24) is 15.1 Å². The zero-order valence-corrected chi connectivity index (χ0v) is 17.0. The fraction of sp³-hybridized carbons (Fsp3) is 0.579. The minimum Gasteiger partial charge on any atom is -0.496 e. The van der Waals surface area contributed by atoms with E-state index in [-0.39, 0.29) is 24.3 Å². The van der Waals surface area contributed by atoms with E-state index >= 15 is 0 Å². The summed E-state index contributed by atoms with van der Waals surface area (Å²) in [6.45, 7) is 7.19. The third-order valence-corrected chi connectivity index (χ3v) is 5.03. The number of rotatable bonds is 7. The van der Waals surface area contributed by atoms with Gasteiger partial charge in [-0.25, -0.2) is 0 Å². The molecule has 0 bridgehead atoms. The summed E-state index contributed by atoms with van der Waals surface area (Å²) < 4.78 is 5.39. The normalized spacial score (nSPS) is 16.3. The smallest absolute Gasteiger partial charge is 0.242 e. The molecule has 1 aromatic carbocycles. The van der Waals surface area contributed by atoms with E-state index in [1.54, 1.807) is 18.1 Å². The number of carbonyl (C=O) groups is 2. The van der Waals surface area contributed by atoms with Crippen LogP contribution in [-0.2, 0) is 16.1 Å². The van der Waals surface area contributed by atoms with E-state index in [4.69, 9.17) is 22.1 Å². The number of halogens is 1. The lowest BCUT2D eigenvalue weighted by Crippen LogP contribution is -2.52. The molecule has 7 nitrogen and oxygen atoms in total. The number of methoxy groups -OCH3 is 1. The molecular formula is C19H29ClN4O3. The molecular weight excluding hydrogens is 368 g/mol. The van der Waals surface area contributed by atoms with Gasteiger partial charge >= 0.3 is 0 Å². The van der Waals surface area contributed by atoms with Gasteiger partial charge in [-0.15, -0.1) is 0 Å². The molecule has 1 aliphatic rings. The van der Waals surface area contributed by atoms with Gasteiger partial charge in [-0.2, -0.15) is 0 Å². The molecule has 150 valence electrons. The fourth-order valence-corrected chi connectivity index (χ4v) is 3.16. The minimum atomic E-state index is -0.595. The van der Waals surface area contributed by atoms with E-state index in [2.05, 4.69) is 10.2 Å². The second-order valence-electron chi connectivity index (χ2n) is 7.10. The molecule has 1 saturated heterocycles. The third kappa shape index (κ3) is 6.09. The van der Waals surface area contributed by atoms with Crippen molar-refractivity contribution < 1.29 is 14.3 Å². The molecule has 1 aromatic rings.